The van der Waals surface area contributed by atoms with Crippen molar-refractivity contribution < 1.29 is 0 Å². The highest BCUT2D eigenvalue weighted by Gasteiger charge is 1.97. The number of benzene rings is 4. The van der Waals surface area contributed by atoms with Gasteiger partial charge in [-0.15, -0.1) is 0 Å². The molecule has 104 valence electrons. The van der Waals surface area contributed by atoms with Crippen molar-refractivity contribution in [3.63, 3.8) is 0 Å². The van der Waals surface area contributed by atoms with Crippen LogP contribution >= 0.6 is 0 Å². The molecule has 0 bridgehead atoms. The summed E-state index contributed by atoms with van der Waals surface area (Å²) in [5.74, 6) is 0. The van der Waals surface area contributed by atoms with Crippen LogP contribution in [0, 0.1) is 0 Å². The average molecular weight is 280 g/mol. The maximum absolute atomic E-state index is 2.23. The van der Waals surface area contributed by atoms with E-state index in [-0.39, 0.29) is 0 Å². The summed E-state index contributed by atoms with van der Waals surface area (Å²) < 4.78 is 0. The SMILES string of the molecule is C(=C\c1cccc2ccccc12)/c1ccc2ccccc2c1. The summed E-state index contributed by atoms with van der Waals surface area (Å²) in [5.41, 5.74) is 2.48. The normalized spacial score (nSPS) is 11.5. The molecule has 4 rings (SSSR count). The third kappa shape index (κ3) is 2.40. The van der Waals surface area contributed by atoms with Crippen molar-refractivity contribution in [3.8, 4) is 0 Å². The fourth-order valence-electron chi connectivity index (χ4n) is 2.89. The maximum Gasteiger partial charge on any atom is -0.0111 e. The van der Waals surface area contributed by atoms with E-state index < -0.39 is 0 Å². The molecule has 0 aromatic heterocycles. The van der Waals surface area contributed by atoms with E-state index in [1.807, 2.05) is 0 Å². The number of fused-ring (bicyclic) bond motifs is 2. The zero-order chi connectivity index (χ0) is 14.8. The van der Waals surface area contributed by atoms with E-state index >= 15 is 0 Å². The largest absolute Gasteiger partial charge is 0.0616 e. The molecule has 0 aliphatic heterocycles. The molecule has 22 heavy (non-hydrogen) atoms. The van der Waals surface area contributed by atoms with Gasteiger partial charge in [0.05, 0.1) is 0 Å². The minimum Gasteiger partial charge on any atom is -0.0616 e. The van der Waals surface area contributed by atoms with Crippen LogP contribution in [0.1, 0.15) is 11.1 Å². The summed E-state index contributed by atoms with van der Waals surface area (Å²) in [7, 11) is 0. The molecule has 0 heterocycles. The van der Waals surface area contributed by atoms with Gasteiger partial charge in [0.15, 0.2) is 0 Å². The minimum atomic E-state index is 1.23. The number of hydrogen-bond acceptors (Lipinski definition) is 0. The Balaban J connectivity index is 1.75. The van der Waals surface area contributed by atoms with Gasteiger partial charge >= 0.3 is 0 Å². The van der Waals surface area contributed by atoms with Gasteiger partial charge in [-0.1, -0.05) is 91.0 Å². The lowest BCUT2D eigenvalue weighted by molar-refractivity contribution is 1.70. The van der Waals surface area contributed by atoms with E-state index in [4.69, 9.17) is 0 Å². The standard InChI is InChI=1S/C22H16/c1-2-8-21-16-17(12-14-18(21)6-1)13-15-20-10-5-9-19-7-3-4-11-22(19)20/h1-16H/b15-13+. The third-order valence-corrected chi connectivity index (χ3v) is 4.05. The first-order valence-corrected chi connectivity index (χ1v) is 7.55. The molecule has 0 fully saturated rings. The second-order valence-corrected chi connectivity index (χ2v) is 5.51. The number of rotatable bonds is 2. The van der Waals surface area contributed by atoms with Gasteiger partial charge in [0, 0.05) is 0 Å². The summed E-state index contributed by atoms with van der Waals surface area (Å²) in [5, 5.41) is 5.14. The molecule has 0 unspecified atom stereocenters. The maximum atomic E-state index is 2.23. The summed E-state index contributed by atoms with van der Waals surface area (Å²) in [4.78, 5) is 0. The van der Waals surface area contributed by atoms with Crippen LogP contribution in [0.5, 0.6) is 0 Å². The van der Waals surface area contributed by atoms with Crippen LogP contribution in [0.25, 0.3) is 33.7 Å². The monoisotopic (exact) mass is 280 g/mol. The Morgan fingerprint density at radius 3 is 2.14 bits per heavy atom. The van der Waals surface area contributed by atoms with Gasteiger partial charge in [-0.05, 0) is 38.7 Å². The Hall–Kier alpha value is -2.86. The summed E-state index contributed by atoms with van der Waals surface area (Å²) in [6.45, 7) is 0. The fourth-order valence-corrected chi connectivity index (χ4v) is 2.89. The van der Waals surface area contributed by atoms with Gasteiger partial charge in [0.1, 0.15) is 0 Å². The van der Waals surface area contributed by atoms with Crippen LogP contribution in [-0.4, -0.2) is 0 Å². The molecule has 0 N–H and O–H groups in total. The third-order valence-electron chi connectivity index (χ3n) is 4.05. The Morgan fingerprint density at radius 2 is 1.23 bits per heavy atom. The Kier molecular flexibility index (Phi) is 3.21. The molecule has 0 saturated carbocycles. The van der Waals surface area contributed by atoms with E-state index in [9.17, 15) is 0 Å². The van der Waals surface area contributed by atoms with E-state index in [1.165, 1.54) is 32.7 Å². The van der Waals surface area contributed by atoms with Crippen LogP contribution in [0.4, 0.5) is 0 Å². The van der Waals surface area contributed by atoms with Gasteiger partial charge in [-0.3, -0.25) is 0 Å². The highest BCUT2D eigenvalue weighted by atomic mass is 14.0. The average Bonchev–Trinajstić information content (AvgIpc) is 2.60. The van der Waals surface area contributed by atoms with Gasteiger partial charge in [-0.25, -0.2) is 0 Å². The first-order valence-electron chi connectivity index (χ1n) is 7.55. The van der Waals surface area contributed by atoms with Crippen molar-refractivity contribution in [2.45, 2.75) is 0 Å². The fraction of sp³-hybridized carbons (Fsp3) is 0. The van der Waals surface area contributed by atoms with E-state index in [0.29, 0.717) is 0 Å². The molecular formula is C22H16. The first kappa shape index (κ1) is 12.8. The van der Waals surface area contributed by atoms with Gasteiger partial charge in [-0.2, -0.15) is 0 Å². The van der Waals surface area contributed by atoms with Crippen molar-refractivity contribution in [3.05, 3.63) is 96.1 Å². The van der Waals surface area contributed by atoms with E-state index in [2.05, 4.69) is 97.1 Å². The molecule has 0 aliphatic rings. The summed E-state index contributed by atoms with van der Waals surface area (Å²) in [6, 6.07) is 30.0. The highest BCUT2D eigenvalue weighted by Crippen LogP contribution is 2.22. The minimum absolute atomic E-state index is 1.23. The van der Waals surface area contributed by atoms with Crippen LogP contribution in [0.15, 0.2) is 84.9 Å². The molecular weight excluding hydrogens is 264 g/mol. The molecule has 0 spiro atoms. The lowest BCUT2D eigenvalue weighted by Crippen LogP contribution is -1.78. The number of hydrogen-bond donors (Lipinski definition) is 0. The van der Waals surface area contributed by atoms with Crippen LogP contribution in [0.3, 0.4) is 0 Å². The predicted molar refractivity (Wildman–Crippen MR) is 96.8 cm³/mol. The van der Waals surface area contributed by atoms with E-state index in [1.54, 1.807) is 0 Å². The Labute approximate surface area is 130 Å². The Morgan fingerprint density at radius 1 is 0.500 bits per heavy atom. The lowest BCUT2D eigenvalue weighted by atomic mass is 10.0. The molecule has 0 amide bonds. The second kappa shape index (κ2) is 5.50. The molecule has 0 heteroatoms. The molecule has 0 aliphatic carbocycles. The molecule has 4 aromatic rings. The topological polar surface area (TPSA) is 0 Å². The zero-order valence-corrected chi connectivity index (χ0v) is 12.2. The van der Waals surface area contributed by atoms with Crippen molar-refractivity contribution in [2.75, 3.05) is 0 Å². The van der Waals surface area contributed by atoms with Crippen molar-refractivity contribution in [1.82, 2.24) is 0 Å². The van der Waals surface area contributed by atoms with Gasteiger partial charge in [0.25, 0.3) is 0 Å². The molecule has 0 saturated heterocycles. The van der Waals surface area contributed by atoms with Gasteiger partial charge < -0.3 is 0 Å². The quantitative estimate of drug-likeness (QED) is 0.385. The van der Waals surface area contributed by atoms with Crippen LogP contribution in [0.2, 0.25) is 0 Å². The van der Waals surface area contributed by atoms with Crippen molar-refractivity contribution >= 4 is 33.7 Å². The lowest BCUT2D eigenvalue weighted by Gasteiger charge is -2.02. The van der Waals surface area contributed by atoms with Crippen LogP contribution < -0.4 is 0 Å². The van der Waals surface area contributed by atoms with E-state index in [0.717, 1.165) is 0 Å². The summed E-state index contributed by atoms with van der Waals surface area (Å²) >= 11 is 0. The van der Waals surface area contributed by atoms with Crippen molar-refractivity contribution in [2.24, 2.45) is 0 Å². The molecule has 0 nitrogen and oxygen atoms in total. The summed E-state index contributed by atoms with van der Waals surface area (Å²) in [6.07, 6.45) is 4.39. The molecule has 0 atom stereocenters. The second-order valence-electron chi connectivity index (χ2n) is 5.51. The highest BCUT2D eigenvalue weighted by molar-refractivity contribution is 5.93. The Bertz CT molecular complexity index is 972. The first-order chi connectivity index (χ1) is 10.9. The van der Waals surface area contributed by atoms with Crippen molar-refractivity contribution in [1.29, 1.82) is 0 Å². The zero-order valence-electron chi connectivity index (χ0n) is 12.2. The van der Waals surface area contributed by atoms with Gasteiger partial charge in [0.2, 0.25) is 0 Å². The molecule has 0 radical (unpaired) electrons. The smallest absolute Gasteiger partial charge is 0.0111 e. The van der Waals surface area contributed by atoms with Crippen LogP contribution in [-0.2, 0) is 0 Å². The predicted octanol–water partition coefficient (Wildman–Crippen LogP) is 6.16. The molecule has 4 aromatic carbocycles.